The SMILES string of the molecule is O=C(O)/C(Cl)=C/c1cccc(Cl)c1. The number of rotatable bonds is 2. The van der Waals surface area contributed by atoms with Crippen LogP contribution in [0.2, 0.25) is 5.02 Å². The standard InChI is InChI=1S/C9H6Cl2O2/c10-7-3-1-2-6(4-7)5-8(11)9(12)13/h1-5H,(H,12,13)/b8-5-. The maximum atomic E-state index is 10.4. The van der Waals surface area contributed by atoms with E-state index in [0.717, 1.165) is 0 Å². The zero-order valence-corrected chi connectivity index (χ0v) is 8.01. The third-order valence-electron chi connectivity index (χ3n) is 1.35. The van der Waals surface area contributed by atoms with Crippen LogP contribution >= 0.6 is 23.2 Å². The molecule has 0 unspecified atom stereocenters. The molecule has 0 aliphatic carbocycles. The summed E-state index contributed by atoms with van der Waals surface area (Å²) in [6.07, 6.45) is 1.34. The van der Waals surface area contributed by atoms with Crippen LogP contribution in [0.25, 0.3) is 6.08 Å². The van der Waals surface area contributed by atoms with Crippen molar-refractivity contribution in [3.8, 4) is 0 Å². The van der Waals surface area contributed by atoms with Crippen LogP contribution < -0.4 is 0 Å². The van der Waals surface area contributed by atoms with Crippen LogP contribution in [0.3, 0.4) is 0 Å². The molecule has 0 amide bonds. The first-order chi connectivity index (χ1) is 6.09. The van der Waals surface area contributed by atoms with Crippen molar-refractivity contribution in [2.24, 2.45) is 0 Å². The summed E-state index contributed by atoms with van der Waals surface area (Å²) in [7, 11) is 0. The molecule has 0 saturated carbocycles. The molecule has 68 valence electrons. The summed E-state index contributed by atoms with van der Waals surface area (Å²) in [4.78, 5) is 10.4. The molecule has 0 fully saturated rings. The average Bonchev–Trinajstić information content (AvgIpc) is 2.04. The predicted octanol–water partition coefficient (Wildman–Crippen LogP) is 3.00. The van der Waals surface area contributed by atoms with Crippen LogP contribution in [0.1, 0.15) is 5.56 Å². The molecule has 0 aliphatic heterocycles. The number of carboxylic acids is 1. The van der Waals surface area contributed by atoms with E-state index in [1.165, 1.54) is 6.08 Å². The zero-order valence-electron chi connectivity index (χ0n) is 6.50. The Hall–Kier alpha value is -0.990. The molecule has 0 spiro atoms. The Bertz CT molecular complexity index is 358. The monoisotopic (exact) mass is 216 g/mol. The number of aliphatic carboxylic acids is 1. The van der Waals surface area contributed by atoms with E-state index in [2.05, 4.69) is 0 Å². The molecular weight excluding hydrogens is 211 g/mol. The molecule has 0 atom stereocenters. The minimum atomic E-state index is -1.15. The highest BCUT2D eigenvalue weighted by molar-refractivity contribution is 6.43. The number of hydrogen-bond donors (Lipinski definition) is 1. The van der Waals surface area contributed by atoms with Crippen molar-refractivity contribution in [3.05, 3.63) is 39.9 Å². The van der Waals surface area contributed by atoms with Crippen LogP contribution in [0, 0.1) is 0 Å². The molecule has 13 heavy (non-hydrogen) atoms. The first-order valence-electron chi connectivity index (χ1n) is 3.45. The first-order valence-corrected chi connectivity index (χ1v) is 4.21. The van der Waals surface area contributed by atoms with Gasteiger partial charge in [0.05, 0.1) is 0 Å². The second kappa shape index (κ2) is 4.30. The quantitative estimate of drug-likeness (QED) is 0.773. The summed E-state index contributed by atoms with van der Waals surface area (Å²) >= 11 is 11.1. The van der Waals surface area contributed by atoms with Crippen molar-refractivity contribution in [1.82, 2.24) is 0 Å². The van der Waals surface area contributed by atoms with Crippen molar-refractivity contribution < 1.29 is 9.90 Å². The van der Waals surface area contributed by atoms with Gasteiger partial charge in [-0.3, -0.25) is 0 Å². The van der Waals surface area contributed by atoms with E-state index in [4.69, 9.17) is 28.3 Å². The van der Waals surface area contributed by atoms with Crippen molar-refractivity contribution in [1.29, 1.82) is 0 Å². The number of hydrogen-bond acceptors (Lipinski definition) is 1. The van der Waals surface area contributed by atoms with Gasteiger partial charge in [-0.2, -0.15) is 0 Å². The van der Waals surface area contributed by atoms with E-state index >= 15 is 0 Å². The first kappa shape index (κ1) is 10.1. The highest BCUT2D eigenvalue weighted by atomic mass is 35.5. The Morgan fingerprint density at radius 3 is 2.69 bits per heavy atom. The lowest BCUT2D eigenvalue weighted by Crippen LogP contribution is -1.92. The molecule has 0 aliphatic rings. The topological polar surface area (TPSA) is 37.3 Å². The zero-order chi connectivity index (χ0) is 9.84. The second-order valence-corrected chi connectivity index (χ2v) is 3.20. The van der Waals surface area contributed by atoms with Gasteiger partial charge >= 0.3 is 5.97 Å². The lowest BCUT2D eigenvalue weighted by molar-refractivity contribution is -0.131. The minimum absolute atomic E-state index is 0.234. The highest BCUT2D eigenvalue weighted by Gasteiger charge is 2.02. The van der Waals surface area contributed by atoms with Crippen molar-refractivity contribution in [2.45, 2.75) is 0 Å². The van der Waals surface area contributed by atoms with Gasteiger partial charge in [0.25, 0.3) is 0 Å². The maximum Gasteiger partial charge on any atom is 0.347 e. The van der Waals surface area contributed by atoms with Crippen molar-refractivity contribution in [2.75, 3.05) is 0 Å². The lowest BCUT2D eigenvalue weighted by atomic mass is 10.2. The van der Waals surface area contributed by atoms with Crippen LogP contribution in [0.4, 0.5) is 0 Å². The van der Waals surface area contributed by atoms with E-state index in [0.29, 0.717) is 10.6 Å². The van der Waals surface area contributed by atoms with Crippen LogP contribution in [0.5, 0.6) is 0 Å². The highest BCUT2D eigenvalue weighted by Crippen LogP contribution is 2.15. The van der Waals surface area contributed by atoms with Gasteiger partial charge in [-0.05, 0) is 23.8 Å². The largest absolute Gasteiger partial charge is 0.477 e. The Balaban J connectivity index is 2.97. The molecular formula is C9H6Cl2O2. The molecule has 4 heteroatoms. The molecule has 1 N–H and O–H groups in total. The fraction of sp³-hybridized carbons (Fsp3) is 0. The van der Waals surface area contributed by atoms with Gasteiger partial charge < -0.3 is 5.11 Å². The van der Waals surface area contributed by atoms with Crippen LogP contribution in [-0.2, 0) is 4.79 Å². The minimum Gasteiger partial charge on any atom is -0.477 e. The molecule has 1 rings (SSSR count). The molecule has 0 aromatic heterocycles. The van der Waals surface area contributed by atoms with Gasteiger partial charge in [0.1, 0.15) is 5.03 Å². The Morgan fingerprint density at radius 1 is 1.46 bits per heavy atom. The van der Waals surface area contributed by atoms with Crippen LogP contribution in [0.15, 0.2) is 29.3 Å². The number of benzene rings is 1. The summed E-state index contributed by atoms with van der Waals surface area (Å²) in [6.45, 7) is 0. The molecule has 1 aromatic carbocycles. The normalized spacial score (nSPS) is 11.4. The Labute approximate surface area is 85.4 Å². The van der Waals surface area contributed by atoms with E-state index in [9.17, 15) is 4.79 Å². The number of carboxylic acid groups (broad SMARTS) is 1. The van der Waals surface area contributed by atoms with Gasteiger partial charge in [-0.25, -0.2) is 4.79 Å². The third-order valence-corrected chi connectivity index (χ3v) is 1.85. The molecule has 0 heterocycles. The average molecular weight is 217 g/mol. The van der Waals surface area contributed by atoms with Crippen molar-refractivity contribution >= 4 is 35.2 Å². The second-order valence-electron chi connectivity index (χ2n) is 2.35. The molecule has 0 saturated heterocycles. The fourth-order valence-electron chi connectivity index (χ4n) is 0.804. The van der Waals surface area contributed by atoms with E-state index in [1.807, 2.05) is 0 Å². The Morgan fingerprint density at radius 2 is 2.15 bits per heavy atom. The summed E-state index contributed by atoms with van der Waals surface area (Å²) in [5, 5.41) is 8.79. The summed E-state index contributed by atoms with van der Waals surface area (Å²) in [5.74, 6) is -1.15. The number of halogens is 2. The summed E-state index contributed by atoms with van der Waals surface area (Å²) < 4.78 is 0. The smallest absolute Gasteiger partial charge is 0.347 e. The van der Waals surface area contributed by atoms with Gasteiger partial charge in [0.2, 0.25) is 0 Å². The molecule has 2 nitrogen and oxygen atoms in total. The van der Waals surface area contributed by atoms with E-state index in [1.54, 1.807) is 24.3 Å². The third kappa shape index (κ3) is 3.09. The van der Waals surface area contributed by atoms with Gasteiger partial charge in [-0.1, -0.05) is 35.3 Å². The van der Waals surface area contributed by atoms with Gasteiger partial charge in [0, 0.05) is 5.02 Å². The summed E-state index contributed by atoms with van der Waals surface area (Å²) in [5.41, 5.74) is 0.667. The lowest BCUT2D eigenvalue weighted by Gasteiger charge is -1.94. The van der Waals surface area contributed by atoms with Crippen molar-refractivity contribution in [3.63, 3.8) is 0 Å². The summed E-state index contributed by atoms with van der Waals surface area (Å²) in [6, 6.07) is 6.78. The predicted molar refractivity (Wildman–Crippen MR) is 52.9 cm³/mol. The molecule has 1 aromatic rings. The van der Waals surface area contributed by atoms with Gasteiger partial charge in [0.15, 0.2) is 0 Å². The van der Waals surface area contributed by atoms with E-state index in [-0.39, 0.29) is 5.03 Å². The van der Waals surface area contributed by atoms with Crippen LogP contribution in [-0.4, -0.2) is 11.1 Å². The maximum absolute atomic E-state index is 10.4. The fourth-order valence-corrected chi connectivity index (χ4v) is 1.13. The Kier molecular flexibility index (Phi) is 3.34. The van der Waals surface area contributed by atoms with Gasteiger partial charge in [-0.15, -0.1) is 0 Å². The van der Waals surface area contributed by atoms with E-state index < -0.39 is 5.97 Å². The molecule has 0 radical (unpaired) electrons. The number of carbonyl (C=O) groups is 1. The molecule has 0 bridgehead atoms.